The van der Waals surface area contributed by atoms with E-state index in [2.05, 4.69) is 27.6 Å². The Morgan fingerprint density at radius 1 is 1.56 bits per heavy atom. The van der Waals surface area contributed by atoms with Crippen molar-refractivity contribution in [1.29, 1.82) is 0 Å². The molecular formula is C16H17ClN4O2S2. The Labute approximate surface area is 161 Å². The summed E-state index contributed by atoms with van der Waals surface area (Å²) in [5.74, 6) is 2.65. The number of nitrogens with two attached hydrogens (primary N) is 1. The molecule has 0 spiro atoms. The number of rotatable bonds is 8. The number of oxazole rings is 1. The number of aromatic nitrogens is 2. The lowest BCUT2D eigenvalue weighted by molar-refractivity contribution is 0.349. The Morgan fingerprint density at radius 2 is 2.36 bits per heavy atom. The maximum absolute atomic E-state index is 5.94. The van der Waals surface area contributed by atoms with Gasteiger partial charge in [-0.25, -0.2) is 15.0 Å². The van der Waals surface area contributed by atoms with E-state index in [1.807, 2.05) is 0 Å². The van der Waals surface area contributed by atoms with Crippen LogP contribution < -0.4 is 5.73 Å². The number of thiol groups is 1. The van der Waals surface area contributed by atoms with Gasteiger partial charge in [0.25, 0.3) is 5.89 Å². The number of aliphatic imine (C=N–C) groups is 1. The predicted molar refractivity (Wildman–Crippen MR) is 108 cm³/mol. The smallest absolute Gasteiger partial charge is 0.262 e. The van der Waals surface area contributed by atoms with Crippen molar-refractivity contribution in [1.82, 2.24) is 9.97 Å². The standard InChI is InChI=1S/C16H17ClN4O2S2/c1-22-12(5-6-24)16-19-8-13(23-16)11-3-2-4-15(20-11)21-14(18)7-10(17)9-25/h2-5,8-10,24H,6-7H2,1H3,(H2,18,20,21)/b12-5-. The zero-order valence-corrected chi connectivity index (χ0v) is 15.9. The number of amidine groups is 1. The molecule has 0 saturated carbocycles. The van der Waals surface area contributed by atoms with Gasteiger partial charge in [0.05, 0.1) is 18.7 Å². The number of ether oxygens (including phenoxy) is 1. The van der Waals surface area contributed by atoms with E-state index in [1.165, 1.54) is 5.37 Å². The Kier molecular flexibility index (Phi) is 7.42. The summed E-state index contributed by atoms with van der Waals surface area (Å²) in [6, 6.07) is 5.32. The zero-order valence-electron chi connectivity index (χ0n) is 13.4. The van der Waals surface area contributed by atoms with Gasteiger partial charge >= 0.3 is 0 Å². The van der Waals surface area contributed by atoms with Gasteiger partial charge in [-0.2, -0.15) is 12.6 Å². The van der Waals surface area contributed by atoms with Crippen LogP contribution in [0, 0.1) is 0 Å². The molecule has 0 saturated heterocycles. The first-order chi connectivity index (χ1) is 12.1. The van der Waals surface area contributed by atoms with Crippen molar-refractivity contribution in [2.75, 3.05) is 12.9 Å². The average Bonchev–Trinajstić information content (AvgIpc) is 3.09. The van der Waals surface area contributed by atoms with Gasteiger partial charge in [-0.05, 0) is 23.6 Å². The molecule has 0 radical (unpaired) electrons. The van der Waals surface area contributed by atoms with Gasteiger partial charge in [-0.1, -0.05) is 18.3 Å². The first kappa shape index (κ1) is 19.4. The number of thiocarbonyl (C=S) groups is 1. The van der Waals surface area contributed by atoms with Crippen LogP contribution in [0.2, 0.25) is 0 Å². The molecule has 2 aromatic rings. The number of nitrogens with zero attached hydrogens (tertiary/aromatic N) is 3. The van der Waals surface area contributed by atoms with Crippen molar-refractivity contribution in [2.45, 2.75) is 11.8 Å². The molecule has 2 heterocycles. The zero-order chi connectivity index (χ0) is 18.2. The van der Waals surface area contributed by atoms with Crippen LogP contribution in [0.5, 0.6) is 0 Å². The lowest BCUT2D eigenvalue weighted by Gasteiger charge is -2.03. The monoisotopic (exact) mass is 396 g/mol. The van der Waals surface area contributed by atoms with E-state index in [1.54, 1.807) is 37.6 Å². The third-order valence-corrected chi connectivity index (χ3v) is 3.95. The molecule has 0 aromatic carbocycles. The highest BCUT2D eigenvalue weighted by atomic mass is 35.5. The molecular weight excluding hydrogens is 380 g/mol. The number of hydrogen-bond acceptors (Lipinski definition) is 7. The number of hydrogen-bond donors (Lipinski definition) is 2. The van der Waals surface area contributed by atoms with Crippen LogP contribution in [0.15, 0.2) is 39.9 Å². The van der Waals surface area contributed by atoms with Crippen LogP contribution in [0.3, 0.4) is 0 Å². The second-order valence-corrected chi connectivity index (χ2v) is 6.02. The summed E-state index contributed by atoms with van der Waals surface area (Å²) in [6.45, 7) is 0. The maximum atomic E-state index is 5.94. The molecule has 9 heteroatoms. The fraction of sp³-hybridized carbons (Fsp3) is 0.250. The molecule has 2 N–H and O–H groups in total. The molecule has 2 aromatic heterocycles. The molecule has 25 heavy (non-hydrogen) atoms. The Morgan fingerprint density at radius 3 is 3.04 bits per heavy atom. The molecule has 0 fully saturated rings. The van der Waals surface area contributed by atoms with E-state index in [0.29, 0.717) is 46.9 Å². The fourth-order valence-electron chi connectivity index (χ4n) is 1.91. The molecule has 0 aliphatic carbocycles. The van der Waals surface area contributed by atoms with Crippen molar-refractivity contribution >= 4 is 59.2 Å². The average molecular weight is 397 g/mol. The summed E-state index contributed by atoms with van der Waals surface area (Å²) in [6.07, 6.45) is 3.68. The Hall–Kier alpha value is -1.90. The first-order valence-corrected chi connectivity index (χ1v) is 8.82. The summed E-state index contributed by atoms with van der Waals surface area (Å²) in [5.41, 5.74) is 6.43. The third-order valence-electron chi connectivity index (χ3n) is 3.01. The topological polar surface area (TPSA) is 86.5 Å². The summed E-state index contributed by atoms with van der Waals surface area (Å²) < 4.78 is 10.9. The van der Waals surface area contributed by atoms with E-state index in [-0.39, 0.29) is 5.38 Å². The minimum Gasteiger partial charge on any atom is -0.491 e. The van der Waals surface area contributed by atoms with Crippen molar-refractivity contribution < 1.29 is 9.15 Å². The number of pyridine rings is 1. The molecule has 0 bridgehead atoms. The van der Waals surface area contributed by atoms with Crippen molar-refractivity contribution in [2.24, 2.45) is 10.7 Å². The minimum absolute atomic E-state index is 0.343. The largest absolute Gasteiger partial charge is 0.491 e. The summed E-state index contributed by atoms with van der Waals surface area (Å²) in [5, 5.41) is 1.10. The SMILES string of the molecule is CO/C(=C\CS)c1ncc(-c2cccc(N=C(N)CC(Cl)C=S)n2)o1. The van der Waals surface area contributed by atoms with Gasteiger partial charge in [-0.3, -0.25) is 0 Å². The molecule has 0 amide bonds. The molecule has 6 nitrogen and oxygen atoms in total. The highest BCUT2D eigenvalue weighted by Gasteiger charge is 2.12. The second kappa shape index (κ2) is 9.55. The Balaban J connectivity index is 2.24. The highest BCUT2D eigenvalue weighted by Crippen LogP contribution is 2.24. The van der Waals surface area contributed by atoms with Gasteiger partial charge in [0, 0.05) is 12.2 Å². The molecule has 1 unspecified atom stereocenters. The minimum atomic E-state index is -0.343. The van der Waals surface area contributed by atoms with Gasteiger partial charge in [0.1, 0.15) is 11.5 Å². The number of halogens is 1. The predicted octanol–water partition coefficient (Wildman–Crippen LogP) is 3.64. The van der Waals surface area contributed by atoms with Crippen LogP contribution in [0.25, 0.3) is 17.2 Å². The van der Waals surface area contributed by atoms with E-state index >= 15 is 0 Å². The van der Waals surface area contributed by atoms with Crippen molar-refractivity contribution in [3.8, 4) is 11.5 Å². The first-order valence-electron chi connectivity index (χ1n) is 7.28. The lowest BCUT2D eigenvalue weighted by atomic mass is 10.3. The van der Waals surface area contributed by atoms with Crippen LogP contribution in [0.1, 0.15) is 12.3 Å². The van der Waals surface area contributed by atoms with Gasteiger partial charge in [0.2, 0.25) is 0 Å². The van der Waals surface area contributed by atoms with E-state index in [0.717, 1.165) is 0 Å². The van der Waals surface area contributed by atoms with Crippen LogP contribution in [0.4, 0.5) is 5.82 Å². The molecule has 2 rings (SSSR count). The normalized spacial score (nSPS) is 13.6. The van der Waals surface area contributed by atoms with Crippen LogP contribution >= 0.6 is 36.4 Å². The molecule has 132 valence electrons. The Bertz CT molecular complexity index is 792. The highest BCUT2D eigenvalue weighted by molar-refractivity contribution is 7.80. The number of methoxy groups -OCH3 is 1. The third kappa shape index (κ3) is 5.55. The lowest BCUT2D eigenvalue weighted by Crippen LogP contribution is -2.17. The van der Waals surface area contributed by atoms with Crippen LogP contribution in [-0.2, 0) is 4.74 Å². The maximum Gasteiger partial charge on any atom is 0.262 e. The number of alkyl halides is 1. The van der Waals surface area contributed by atoms with E-state index < -0.39 is 0 Å². The van der Waals surface area contributed by atoms with Crippen molar-refractivity contribution in [3.63, 3.8) is 0 Å². The van der Waals surface area contributed by atoms with E-state index in [4.69, 9.17) is 38.7 Å². The van der Waals surface area contributed by atoms with E-state index in [9.17, 15) is 0 Å². The second-order valence-electron chi connectivity index (χ2n) is 4.83. The summed E-state index contributed by atoms with van der Waals surface area (Å²) >= 11 is 14.8. The van der Waals surface area contributed by atoms with Gasteiger partial charge in [-0.15, -0.1) is 11.6 Å². The van der Waals surface area contributed by atoms with Gasteiger partial charge < -0.3 is 14.9 Å². The quantitative estimate of drug-likeness (QED) is 0.177. The molecule has 0 aliphatic rings. The van der Waals surface area contributed by atoms with Crippen molar-refractivity contribution in [3.05, 3.63) is 36.4 Å². The fourth-order valence-corrected chi connectivity index (χ4v) is 2.33. The molecule has 0 aliphatic heterocycles. The molecule has 1 atom stereocenters. The summed E-state index contributed by atoms with van der Waals surface area (Å²) in [7, 11) is 1.54. The summed E-state index contributed by atoms with van der Waals surface area (Å²) in [4.78, 5) is 12.8. The van der Waals surface area contributed by atoms with Gasteiger partial charge in [0.15, 0.2) is 17.3 Å². The van der Waals surface area contributed by atoms with Crippen LogP contribution in [-0.4, -0.2) is 39.4 Å².